The number of pyridine rings is 1. The van der Waals surface area contributed by atoms with Gasteiger partial charge in [0, 0.05) is 44.8 Å². The van der Waals surface area contributed by atoms with Crippen LogP contribution >= 0.6 is 0 Å². The average molecular weight is 288 g/mol. The van der Waals surface area contributed by atoms with Crippen LogP contribution in [0.1, 0.15) is 25.3 Å². The Labute approximate surface area is 126 Å². The number of anilines is 1. The van der Waals surface area contributed by atoms with E-state index in [0.29, 0.717) is 18.4 Å². The van der Waals surface area contributed by atoms with Crippen molar-refractivity contribution in [1.29, 1.82) is 0 Å². The fourth-order valence-electron chi connectivity index (χ4n) is 2.97. The molecule has 2 aliphatic rings. The molecule has 1 amide bonds. The molecule has 2 heterocycles. The molecule has 1 aliphatic heterocycles. The molecule has 1 unspecified atom stereocenters. The van der Waals surface area contributed by atoms with Crippen molar-refractivity contribution in [2.45, 2.75) is 26.3 Å². The molecule has 1 saturated carbocycles. The van der Waals surface area contributed by atoms with E-state index in [9.17, 15) is 4.79 Å². The molecule has 5 heteroatoms. The van der Waals surface area contributed by atoms with Crippen LogP contribution in [-0.4, -0.2) is 42.0 Å². The molecule has 1 aromatic rings. The van der Waals surface area contributed by atoms with Crippen molar-refractivity contribution in [2.75, 3.05) is 31.1 Å². The second-order valence-electron chi connectivity index (χ2n) is 6.17. The van der Waals surface area contributed by atoms with Gasteiger partial charge in [0.25, 0.3) is 0 Å². The molecule has 0 spiro atoms. The van der Waals surface area contributed by atoms with Crippen LogP contribution in [0.3, 0.4) is 0 Å². The standard InChI is InChI=1S/C16H24N4O/c1-12(14-3-4-14)16(21)20-8-6-19(7-9-20)15-5-2-13(10-17)11-18-15/h2,5,11-12,14H,3-4,6-10,17H2,1H3. The van der Waals surface area contributed by atoms with Gasteiger partial charge in [-0.25, -0.2) is 4.98 Å². The summed E-state index contributed by atoms with van der Waals surface area (Å²) < 4.78 is 0. The van der Waals surface area contributed by atoms with Crippen LogP contribution in [0, 0.1) is 11.8 Å². The fourth-order valence-corrected chi connectivity index (χ4v) is 2.97. The summed E-state index contributed by atoms with van der Waals surface area (Å²) in [6.45, 7) is 5.93. The minimum Gasteiger partial charge on any atom is -0.353 e. The first kappa shape index (κ1) is 14.3. The van der Waals surface area contributed by atoms with Gasteiger partial charge in [0.15, 0.2) is 0 Å². The first-order valence-electron chi connectivity index (χ1n) is 7.88. The summed E-state index contributed by atoms with van der Waals surface area (Å²) in [5.74, 6) is 2.16. The van der Waals surface area contributed by atoms with Gasteiger partial charge in [-0.2, -0.15) is 0 Å². The van der Waals surface area contributed by atoms with E-state index in [1.807, 2.05) is 23.2 Å². The lowest BCUT2D eigenvalue weighted by atomic mass is 10.0. The molecule has 0 aromatic carbocycles. The van der Waals surface area contributed by atoms with E-state index in [1.54, 1.807) is 0 Å². The Kier molecular flexibility index (Phi) is 4.10. The SMILES string of the molecule is CC(C(=O)N1CCN(c2ccc(CN)cn2)CC1)C1CC1. The predicted molar refractivity (Wildman–Crippen MR) is 82.8 cm³/mol. The van der Waals surface area contributed by atoms with Crippen LogP contribution in [0.5, 0.6) is 0 Å². The third kappa shape index (κ3) is 3.18. The Bertz CT molecular complexity index is 490. The van der Waals surface area contributed by atoms with Crippen molar-refractivity contribution in [3.05, 3.63) is 23.9 Å². The zero-order valence-electron chi connectivity index (χ0n) is 12.7. The lowest BCUT2D eigenvalue weighted by Crippen LogP contribution is -2.50. The number of piperazine rings is 1. The largest absolute Gasteiger partial charge is 0.353 e. The molecule has 3 rings (SSSR count). The van der Waals surface area contributed by atoms with E-state index in [2.05, 4.69) is 16.8 Å². The van der Waals surface area contributed by atoms with E-state index in [4.69, 9.17) is 5.73 Å². The van der Waals surface area contributed by atoms with Crippen LogP contribution in [0.15, 0.2) is 18.3 Å². The van der Waals surface area contributed by atoms with Gasteiger partial charge in [-0.3, -0.25) is 4.79 Å². The highest BCUT2D eigenvalue weighted by Crippen LogP contribution is 2.37. The highest BCUT2D eigenvalue weighted by molar-refractivity contribution is 5.79. The summed E-state index contributed by atoms with van der Waals surface area (Å²) >= 11 is 0. The number of rotatable bonds is 4. The molecular weight excluding hydrogens is 264 g/mol. The monoisotopic (exact) mass is 288 g/mol. The predicted octanol–water partition coefficient (Wildman–Crippen LogP) is 1.24. The van der Waals surface area contributed by atoms with Gasteiger partial charge >= 0.3 is 0 Å². The molecule has 1 aromatic heterocycles. The van der Waals surface area contributed by atoms with Crippen molar-refractivity contribution >= 4 is 11.7 Å². The Morgan fingerprint density at radius 1 is 1.33 bits per heavy atom. The maximum absolute atomic E-state index is 12.4. The van der Waals surface area contributed by atoms with Crippen molar-refractivity contribution in [1.82, 2.24) is 9.88 Å². The average Bonchev–Trinajstić information content (AvgIpc) is 3.39. The highest BCUT2D eigenvalue weighted by atomic mass is 16.2. The summed E-state index contributed by atoms with van der Waals surface area (Å²) in [7, 11) is 0. The lowest BCUT2D eigenvalue weighted by Gasteiger charge is -2.36. The molecule has 2 N–H and O–H groups in total. The van der Waals surface area contributed by atoms with Crippen LogP contribution in [0.2, 0.25) is 0 Å². The number of hydrogen-bond donors (Lipinski definition) is 1. The molecule has 21 heavy (non-hydrogen) atoms. The van der Waals surface area contributed by atoms with Gasteiger partial charge < -0.3 is 15.5 Å². The van der Waals surface area contributed by atoms with Gasteiger partial charge in [-0.15, -0.1) is 0 Å². The van der Waals surface area contributed by atoms with E-state index < -0.39 is 0 Å². The molecule has 2 fully saturated rings. The summed E-state index contributed by atoms with van der Waals surface area (Å²) in [5.41, 5.74) is 6.64. The van der Waals surface area contributed by atoms with Crippen LogP contribution in [0.4, 0.5) is 5.82 Å². The quantitative estimate of drug-likeness (QED) is 0.905. The van der Waals surface area contributed by atoms with Gasteiger partial charge in [0.2, 0.25) is 5.91 Å². The van der Waals surface area contributed by atoms with Crippen molar-refractivity contribution in [3.63, 3.8) is 0 Å². The van der Waals surface area contributed by atoms with Crippen LogP contribution in [0.25, 0.3) is 0 Å². The summed E-state index contributed by atoms with van der Waals surface area (Å²) in [5, 5.41) is 0. The molecule has 0 radical (unpaired) electrons. The number of aromatic nitrogens is 1. The summed E-state index contributed by atoms with van der Waals surface area (Å²) in [6.07, 6.45) is 4.29. The lowest BCUT2D eigenvalue weighted by molar-refractivity contribution is -0.135. The first-order chi connectivity index (χ1) is 10.2. The summed E-state index contributed by atoms with van der Waals surface area (Å²) in [6, 6.07) is 4.04. The first-order valence-corrected chi connectivity index (χ1v) is 7.88. The van der Waals surface area contributed by atoms with E-state index >= 15 is 0 Å². The molecular formula is C16H24N4O. The van der Waals surface area contributed by atoms with E-state index in [-0.39, 0.29) is 5.92 Å². The Balaban J connectivity index is 1.55. The number of hydrogen-bond acceptors (Lipinski definition) is 4. The van der Waals surface area contributed by atoms with E-state index in [1.165, 1.54) is 12.8 Å². The Hall–Kier alpha value is -1.62. The molecule has 1 aliphatic carbocycles. The molecule has 1 atom stereocenters. The van der Waals surface area contributed by atoms with Crippen molar-refractivity contribution < 1.29 is 4.79 Å². The van der Waals surface area contributed by atoms with Crippen LogP contribution < -0.4 is 10.6 Å². The summed E-state index contributed by atoms with van der Waals surface area (Å²) in [4.78, 5) is 21.1. The van der Waals surface area contributed by atoms with Gasteiger partial charge in [-0.05, 0) is 30.4 Å². The molecule has 5 nitrogen and oxygen atoms in total. The Morgan fingerprint density at radius 2 is 2.05 bits per heavy atom. The van der Waals surface area contributed by atoms with E-state index in [0.717, 1.165) is 37.6 Å². The Morgan fingerprint density at radius 3 is 2.57 bits per heavy atom. The molecule has 0 bridgehead atoms. The van der Waals surface area contributed by atoms with Gasteiger partial charge in [0.05, 0.1) is 0 Å². The molecule has 1 saturated heterocycles. The third-order valence-corrected chi connectivity index (χ3v) is 4.68. The topological polar surface area (TPSA) is 62.5 Å². The zero-order valence-corrected chi connectivity index (χ0v) is 12.7. The minimum absolute atomic E-state index is 0.207. The zero-order chi connectivity index (χ0) is 14.8. The number of nitrogens with zero attached hydrogens (tertiary/aromatic N) is 3. The van der Waals surface area contributed by atoms with Crippen molar-refractivity contribution in [3.8, 4) is 0 Å². The van der Waals surface area contributed by atoms with Gasteiger partial charge in [-0.1, -0.05) is 13.0 Å². The number of amides is 1. The van der Waals surface area contributed by atoms with Crippen molar-refractivity contribution in [2.24, 2.45) is 17.6 Å². The highest BCUT2D eigenvalue weighted by Gasteiger charge is 2.35. The smallest absolute Gasteiger partial charge is 0.225 e. The second kappa shape index (κ2) is 6.02. The van der Waals surface area contributed by atoms with Crippen LogP contribution in [-0.2, 0) is 11.3 Å². The number of carbonyl (C=O) groups excluding carboxylic acids is 1. The number of nitrogens with two attached hydrogens (primary N) is 1. The maximum Gasteiger partial charge on any atom is 0.225 e. The fraction of sp³-hybridized carbons (Fsp3) is 0.625. The number of carbonyl (C=O) groups is 1. The maximum atomic E-state index is 12.4. The normalized spacial score (nSPS) is 20.5. The minimum atomic E-state index is 0.207. The third-order valence-electron chi connectivity index (χ3n) is 4.68. The second-order valence-corrected chi connectivity index (χ2v) is 6.17. The van der Waals surface area contributed by atoms with Gasteiger partial charge in [0.1, 0.15) is 5.82 Å². The molecule has 114 valence electrons.